The molecule has 3 heterocycles. The standard InChI is InChI=1S/C35H43N3O3/c1-6-9-10-11-12-15-23-38-29(7-2)32(26-17-13-14-19-30(26)38)35(33-27(34(39)41-35)18-16-22-36-33)28-21-20-25(37(4)5)24-31(28)40-8-3/h13-14,16-22,24H,6-12,15,23H2,1-5H3. The Balaban J connectivity index is 1.77. The van der Waals surface area contributed by atoms with Gasteiger partial charge in [-0.2, -0.15) is 0 Å². The van der Waals surface area contributed by atoms with E-state index in [9.17, 15) is 4.79 Å². The molecule has 2 aromatic heterocycles. The van der Waals surface area contributed by atoms with Crippen LogP contribution in [-0.4, -0.2) is 36.2 Å². The number of para-hydroxylation sites is 1. The van der Waals surface area contributed by atoms with Crippen LogP contribution >= 0.6 is 0 Å². The predicted molar refractivity (Wildman–Crippen MR) is 166 cm³/mol. The number of benzene rings is 2. The summed E-state index contributed by atoms with van der Waals surface area (Å²) >= 11 is 0. The van der Waals surface area contributed by atoms with Gasteiger partial charge >= 0.3 is 5.97 Å². The molecule has 1 aliphatic rings. The lowest BCUT2D eigenvalue weighted by Gasteiger charge is -2.32. The monoisotopic (exact) mass is 553 g/mol. The van der Waals surface area contributed by atoms with Crippen molar-refractivity contribution in [1.82, 2.24) is 9.55 Å². The van der Waals surface area contributed by atoms with Crippen molar-refractivity contribution in [2.45, 2.75) is 77.9 Å². The first-order valence-corrected chi connectivity index (χ1v) is 15.2. The number of rotatable bonds is 13. The van der Waals surface area contributed by atoms with Gasteiger partial charge in [0.15, 0.2) is 0 Å². The number of aromatic nitrogens is 2. The van der Waals surface area contributed by atoms with Gasteiger partial charge in [0, 0.05) is 66.3 Å². The Bertz CT molecular complexity index is 1520. The second-order valence-electron chi connectivity index (χ2n) is 11.1. The smallest absolute Gasteiger partial charge is 0.341 e. The number of carbonyl (C=O) groups excluding carboxylic acids is 1. The molecule has 0 amide bonds. The number of hydrogen-bond acceptors (Lipinski definition) is 5. The highest BCUT2D eigenvalue weighted by atomic mass is 16.6. The SMILES string of the molecule is CCCCCCCCn1c(CC)c(C2(c3ccc(N(C)C)cc3OCC)OC(=O)c3cccnc32)c2ccccc21. The lowest BCUT2D eigenvalue weighted by molar-refractivity contribution is 0.0237. The zero-order valence-electron chi connectivity index (χ0n) is 25.2. The molecule has 0 saturated heterocycles. The predicted octanol–water partition coefficient (Wildman–Crippen LogP) is 7.89. The van der Waals surface area contributed by atoms with E-state index in [0.29, 0.717) is 23.6 Å². The van der Waals surface area contributed by atoms with Gasteiger partial charge in [0.1, 0.15) is 11.4 Å². The molecule has 0 aliphatic carbocycles. The van der Waals surface area contributed by atoms with E-state index in [1.807, 2.05) is 33.2 Å². The molecule has 5 rings (SSSR count). The van der Waals surface area contributed by atoms with Crippen molar-refractivity contribution < 1.29 is 14.3 Å². The third kappa shape index (κ3) is 5.09. The van der Waals surface area contributed by atoms with Gasteiger partial charge in [0.25, 0.3) is 0 Å². The van der Waals surface area contributed by atoms with Crippen molar-refractivity contribution in [3.63, 3.8) is 0 Å². The van der Waals surface area contributed by atoms with Gasteiger partial charge in [0.05, 0.1) is 12.2 Å². The van der Waals surface area contributed by atoms with Crippen molar-refractivity contribution in [2.75, 3.05) is 25.6 Å². The summed E-state index contributed by atoms with van der Waals surface area (Å²) in [4.78, 5) is 20.5. The molecule has 216 valence electrons. The molecular weight excluding hydrogens is 510 g/mol. The normalized spacial score (nSPS) is 16.2. The number of nitrogens with zero attached hydrogens (tertiary/aromatic N) is 3. The number of unbranched alkanes of at least 4 members (excludes halogenated alkanes) is 5. The zero-order valence-corrected chi connectivity index (χ0v) is 25.2. The molecule has 0 spiro atoms. The van der Waals surface area contributed by atoms with Gasteiger partial charge < -0.3 is 18.9 Å². The largest absolute Gasteiger partial charge is 0.493 e. The molecule has 1 atom stereocenters. The minimum Gasteiger partial charge on any atom is -0.493 e. The third-order valence-corrected chi connectivity index (χ3v) is 8.27. The van der Waals surface area contributed by atoms with E-state index in [4.69, 9.17) is 14.5 Å². The molecule has 1 unspecified atom stereocenters. The molecule has 0 N–H and O–H groups in total. The Labute approximate surface area is 244 Å². The van der Waals surface area contributed by atoms with E-state index in [1.54, 1.807) is 12.3 Å². The summed E-state index contributed by atoms with van der Waals surface area (Å²) in [5.74, 6) is 0.335. The number of esters is 1. The van der Waals surface area contributed by atoms with E-state index in [1.165, 1.54) is 37.8 Å². The number of aryl methyl sites for hydroxylation is 1. The maximum Gasteiger partial charge on any atom is 0.341 e. The highest BCUT2D eigenvalue weighted by Gasteiger charge is 2.54. The average molecular weight is 554 g/mol. The van der Waals surface area contributed by atoms with Crippen LogP contribution < -0.4 is 9.64 Å². The Morgan fingerprint density at radius 2 is 1.73 bits per heavy atom. The molecule has 0 radical (unpaired) electrons. The molecule has 1 aliphatic heterocycles. The van der Waals surface area contributed by atoms with Crippen LogP contribution in [0.15, 0.2) is 60.8 Å². The topological polar surface area (TPSA) is 56.6 Å². The van der Waals surface area contributed by atoms with Crippen LogP contribution in [0.5, 0.6) is 5.75 Å². The molecular formula is C35H43N3O3. The van der Waals surface area contributed by atoms with E-state index in [0.717, 1.165) is 47.1 Å². The van der Waals surface area contributed by atoms with Crippen molar-refractivity contribution in [3.05, 3.63) is 88.9 Å². The van der Waals surface area contributed by atoms with Crippen molar-refractivity contribution in [2.24, 2.45) is 0 Å². The van der Waals surface area contributed by atoms with Crippen LogP contribution in [0.1, 0.15) is 92.2 Å². The fraction of sp³-hybridized carbons (Fsp3) is 0.429. The van der Waals surface area contributed by atoms with Crippen LogP contribution in [0, 0.1) is 0 Å². The number of carbonyl (C=O) groups is 1. The number of hydrogen-bond donors (Lipinski definition) is 0. The minimum absolute atomic E-state index is 0.359. The first kappa shape index (κ1) is 28.7. The Kier molecular flexibility index (Phi) is 8.67. The molecule has 41 heavy (non-hydrogen) atoms. The summed E-state index contributed by atoms with van der Waals surface area (Å²) in [7, 11) is 4.02. The average Bonchev–Trinajstić information content (AvgIpc) is 3.47. The number of pyridine rings is 1. The fourth-order valence-electron chi connectivity index (χ4n) is 6.36. The van der Waals surface area contributed by atoms with Crippen LogP contribution in [0.25, 0.3) is 10.9 Å². The molecule has 4 aromatic rings. The van der Waals surface area contributed by atoms with Crippen LogP contribution in [0.2, 0.25) is 0 Å². The van der Waals surface area contributed by atoms with Crippen LogP contribution in [0.4, 0.5) is 5.69 Å². The summed E-state index contributed by atoms with van der Waals surface area (Å²) in [6, 6.07) is 18.3. The Hall–Kier alpha value is -3.80. The second kappa shape index (κ2) is 12.4. The van der Waals surface area contributed by atoms with Gasteiger partial charge in [-0.15, -0.1) is 0 Å². The van der Waals surface area contributed by atoms with E-state index < -0.39 is 5.60 Å². The number of ether oxygens (including phenoxy) is 2. The molecule has 6 heteroatoms. The number of cyclic esters (lactones) is 1. The summed E-state index contributed by atoms with van der Waals surface area (Å²) in [6.45, 7) is 7.84. The van der Waals surface area contributed by atoms with Gasteiger partial charge in [-0.1, -0.05) is 64.2 Å². The molecule has 0 saturated carbocycles. The third-order valence-electron chi connectivity index (χ3n) is 8.27. The summed E-state index contributed by atoms with van der Waals surface area (Å²) < 4.78 is 15.3. The van der Waals surface area contributed by atoms with Crippen molar-refractivity contribution >= 4 is 22.6 Å². The van der Waals surface area contributed by atoms with Crippen molar-refractivity contribution in [1.29, 1.82) is 0 Å². The lowest BCUT2D eigenvalue weighted by atomic mass is 9.80. The van der Waals surface area contributed by atoms with Crippen molar-refractivity contribution in [3.8, 4) is 5.75 Å². The van der Waals surface area contributed by atoms with Gasteiger partial charge in [0.2, 0.25) is 5.60 Å². The quantitative estimate of drug-likeness (QED) is 0.124. The van der Waals surface area contributed by atoms with E-state index in [-0.39, 0.29) is 5.97 Å². The minimum atomic E-state index is -1.24. The first-order chi connectivity index (χ1) is 20.0. The van der Waals surface area contributed by atoms with E-state index >= 15 is 0 Å². The molecule has 6 nitrogen and oxygen atoms in total. The van der Waals surface area contributed by atoms with Gasteiger partial charge in [-0.3, -0.25) is 4.98 Å². The fourth-order valence-corrected chi connectivity index (χ4v) is 6.36. The highest BCUT2D eigenvalue weighted by Crippen LogP contribution is 2.53. The summed E-state index contributed by atoms with van der Waals surface area (Å²) in [5, 5.41) is 1.08. The molecule has 2 aromatic carbocycles. The van der Waals surface area contributed by atoms with Gasteiger partial charge in [-0.05, 0) is 50.1 Å². The number of anilines is 1. The Morgan fingerprint density at radius 3 is 2.49 bits per heavy atom. The molecule has 0 bridgehead atoms. The highest BCUT2D eigenvalue weighted by molar-refractivity contribution is 5.98. The van der Waals surface area contributed by atoms with Crippen LogP contribution in [-0.2, 0) is 23.3 Å². The summed E-state index contributed by atoms with van der Waals surface area (Å²) in [5.41, 5.74) is 5.03. The Morgan fingerprint density at radius 1 is 0.951 bits per heavy atom. The lowest BCUT2D eigenvalue weighted by Crippen LogP contribution is -2.32. The first-order valence-electron chi connectivity index (χ1n) is 15.2. The molecule has 0 fully saturated rings. The second-order valence-corrected chi connectivity index (χ2v) is 11.1. The van der Waals surface area contributed by atoms with Gasteiger partial charge in [-0.25, -0.2) is 4.79 Å². The maximum absolute atomic E-state index is 13.6. The van der Waals surface area contributed by atoms with Crippen LogP contribution in [0.3, 0.4) is 0 Å². The number of fused-ring (bicyclic) bond motifs is 2. The van der Waals surface area contributed by atoms with E-state index in [2.05, 4.69) is 59.7 Å². The summed E-state index contributed by atoms with van der Waals surface area (Å²) in [6.07, 6.45) is 9.96. The maximum atomic E-state index is 13.6. The zero-order chi connectivity index (χ0) is 29.0.